The molecule has 0 aliphatic rings. The number of ketones is 4. The fourth-order valence-electron chi connectivity index (χ4n) is 4.12. The van der Waals surface area contributed by atoms with E-state index in [2.05, 4.69) is 104 Å². The summed E-state index contributed by atoms with van der Waals surface area (Å²) in [6, 6.07) is -4.76. The first kappa shape index (κ1) is 68.8. The Morgan fingerprint density at radius 1 is 0.585 bits per heavy atom. The number of esters is 2. The van der Waals surface area contributed by atoms with Gasteiger partial charge in [-0.2, -0.15) is 12.6 Å². The third-order valence-electron chi connectivity index (χ3n) is 6.84. The second-order valence-electron chi connectivity index (χ2n) is 17.9. The van der Waals surface area contributed by atoms with E-state index in [1.54, 1.807) is 73.1 Å². The molecule has 18 nitrogen and oxygen atoms in total. The average molecular weight is 1380 g/mol. The molecule has 0 spiro atoms. The van der Waals surface area contributed by atoms with E-state index in [0.29, 0.717) is 0 Å². The molecule has 0 heterocycles. The van der Waals surface area contributed by atoms with E-state index in [1.165, 1.54) is 24.6 Å². The Hall–Kier alpha value is -0.496. The molecule has 0 aromatic rings. The summed E-state index contributed by atoms with van der Waals surface area (Å²) in [4.78, 5) is 110. The van der Waals surface area contributed by atoms with Crippen LogP contribution in [0.15, 0.2) is 0 Å². The number of rotatable bonds is 22. The standard InChI is InChI=1S/C24H43N3O7S2.C15H26ClN3O5S.3HI.V/c1-15(28)16(27-21(32)34-23(5,6)7)13-25-20(31)26-17(14-35-36-24(8,9)10)18(29)11-12-19(30)33-22(2,3)4;1-9(20)10(19-16)7-17-14(23)18-11(8-25)12(21)5-6-13(22)24-15(2,3)4;;;;/h16-17H,11-14H2,1-10H3,(H,27,32)(H2,25,26,31);10-11,19,25H,5-8H2,1-4H3,(H2,17,18,23);3*1H;/q;;;;;+3/p-3/t16-,17-;10-,11-;;;;/m00..../s1. The molecule has 0 aliphatic carbocycles. The minimum absolute atomic E-state index is 0.0317. The molecule has 0 aliphatic heterocycles. The van der Waals surface area contributed by atoms with Gasteiger partial charge < -0.3 is 40.8 Å². The van der Waals surface area contributed by atoms with Crippen LogP contribution in [0.5, 0.6) is 0 Å². The molecule has 0 radical (unpaired) electrons. The molecule has 4 atom stereocenters. The molecule has 378 valence electrons. The second kappa shape index (κ2) is 34.7. The molecule has 0 saturated carbocycles. The number of hydrogen-bond donors (Lipinski definition) is 7. The van der Waals surface area contributed by atoms with Crippen molar-refractivity contribution in [3.05, 3.63) is 0 Å². The Morgan fingerprint density at radius 2 is 0.954 bits per heavy atom. The molecular formula is C39H69ClI3N6O12S3V. The summed E-state index contributed by atoms with van der Waals surface area (Å²) >= 11 is 16.8. The Kier molecular flexibility index (Phi) is 36.8. The van der Waals surface area contributed by atoms with Crippen LogP contribution in [-0.4, -0.2) is 124 Å². The van der Waals surface area contributed by atoms with Gasteiger partial charge in [-0.1, -0.05) is 42.4 Å². The molecule has 65 heavy (non-hydrogen) atoms. The van der Waals surface area contributed by atoms with Gasteiger partial charge in [0.1, 0.15) is 28.6 Å². The van der Waals surface area contributed by atoms with Crippen LogP contribution in [-0.2, 0) is 47.9 Å². The SMILES string of the molecule is CC(=O)[C@H](CNC(=O)N[C@@H](CS)C(=O)CCC(=O)OC(C)(C)C)NCl.CC(=O)[C@H](CNC(=O)N[C@@H](CSSC(C)(C)C)C(=O)CCC(=O)OC(C)(C)C)NC(=O)OC(C)(C)C.[I][V]([I])[I]. The molecule has 0 saturated heterocycles. The van der Waals surface area contributed by atoms with Crippen LogP contribution in [0.3, 0.4) is 0 Å². The minimum atomic E-state index is -1.00. The van der Waals surface area contributed by atoms with Crippen molar-refractivity contribution >= 4 is 159 Å². The quantitative estimate of drug-likeness (QED) is 0.0137. The maximum absolute atomic E-state index is 12.8. The summed E-state index contributed by atoms with van der Waals surface area (Å²) in [5.41, 5.74) is -2.02. The van der Waals surface area contributed by atoms with Crippen LogP contribution < -0.4 is 31.4 Å². The van der Waals surface area contributed by atoms with Gasteiger partial charge in [0.2, 0.25) is 0 Å². The number of carbonyl (C=O) groups is 9. The molecule has 6 N–H and O–H groups in total. The third-order valence-corrected chi connectivity index (χ3v) is 10.8. The molecule has 0 rings (SSSR count). The number of alkyl carbamates (subject to hydrolysis) is 1. The van der Waals surface area contributed by atoms with Gasteiger partial charge in [0.15, 0.2) is 17.3 Å². The van der Waals surface area contributed by atoms with Crippen LogP contribution >= 0.6 is 106 Å². The molecular weight excluding hydrogens is 1310 g/mol. The van der Waals surface area contributed by atoms with E-state index >= 15 is 0 Å². The van der Waals surface area contributed by atoms with Gasteiger partial charge in [-0.25, -0.2) is 19.2 Å². The van der Waals surface area contributed by atoms with Crippen molar-refractivity contribution in [3.8, 4) is 0 Å². The number of hydrogen-bond acceptors (Lipinski definition) is 16. The predicted octanol–water partition coefficient (Wildman–Crippen LogP) is 7.64. The van der Waals surface area contributed by atoms with Gasteiger partial charge >= 0.3 is 95.0 Å². The van der Waals surface area contributed by atoms with Crippen molar-refractivity contribution in [1.82, 2.24) is 31.4 Å². The number of urea groups is 2. The number of ether oxygens (including phenoxy) is 3. The topological polar surface area (TPSA) is 253 Å². The molecule has 0 bridgehead atoms. The summed E-state index contributed by atoms with van der Waals surface area (Å²) in [6.07, 6.45) is -1.11. The van der Waals surface area contributed by atoms with E-state index < -0.39 is 71.1 Å². The van der Waals surface area contributed by atoms with Crippen LogP contribution in [0.4, 0.5) is 14.4 Å². The number of Topliss-reactive ketones (excluding diaryl/α,β-unsaturated/α-hetero) is 4. The summed E-state index contributed by atoms with van der Waals surface area (Å²) in [5, 5.41) is 12.4. The molecule has 26 heteroatoms. The molecule has 0 aromatic carbocycles. The fourth-order valence-corrected chi connectivity index (χ4v) is 7.15. The van der Waals surface area contributed by atoms with Gasteiger partial charge in [-0.3, -0.25) is 28.8 Å². The van der Waals surface area contributed by atoms with Gasteiger partial charge in [0, 0.05) is 42.2 Å². The molecule has 0 fully saturated rings. The van der Waals surface area contributed by atoms with Crippen LogP contribution in [0.2, 0.25) is 0 Å². The van der Waals surface area contributed by atoms with Crippen molar-refractivity contribution in [2.75, 3.05) is 24.6 Å². The van der Waals surface area contributed by atoms with Gasteiger partial charge in [0.05, 0.1) is 31.0 Å². The molecule has 0 aromatic heterocycles. The van der Waals surface area contributed by atoms with Gasteiger partial charge in [-0.05, 0) is 87.9 Å². The van der Waals surface area contributed by atoms with Gasteiger partial charge in [-0.15, -0.1) is 0 Å². The summed E-state index contributed by atoms with van der Waals surface area (Å²) < 4.78 is 15.5. The molecule has 5 amide bonds. The first-order valence-corrected chi connectivity index (χ1v) is 36.9. The van der Waals surface area contributed by atoms with Crippen LogP contribution in [0.1, 0.15) is 123 Å². The van der Waals surface area contributed by atoms with Gasteiger partial charge in [0.25, 0.3) is 0 Å². The number of carbonyl (C=O) groups excluding carboxylic acids is 9. The zero-order chi connectivity index (χ0) is 51.5. The summed E-state index contributed by atoms with van der Waals surface area (Å²) in [6.45, 7) is 24.0. The van der Waals surface area contributed by atoms with E-state index in [-0.39, 0.29) is 83.1 Å². The predicted molar refractivity (Wildman–Crippen MR) is 284 cm³/mol. The fraction of sp³-hybridized carbons (Fsp3) is 0.769. The first-order chi connectivity index (χ1) is 29.4. The van der Waals surface area contributed by atoms with E-state index in [9.17, 15) is 43.2 Å². The van der Waals surface area contributed by atoms with Crippen molar-refractivity contribution in [1.29, 1.82) is 0 Å². The Balaban J connectivity index is -0.00000115. The summed E-state index contributed by atoms with van der Waals surface area (Å²) in [7, 11) is 3.00. The van der Waals surface area contributed by atoms with Crippen molar-refractivity contribution < 1.29 is 62.3 Å². The van der Waals surface area contributed by atoms with Crippen LogP contribution in [0.25, 0.3) is 0 Å². The zero-order valence-electron chi connectivity index (χ0n) is 39.6. The van der Waals surface area contributed by atoms with Crippen molar-refractivity contribution in [2.45, 2.75) is 168 Å². The van der Waals surface area contributed by atoms with Crippen molar-refractivity contribution in [3.63, 3.8) is 0 Å². The summed E-state index contributed by atoms with van der Waals surface area (Å²) in [5.74, 6) is -1.88. The number of nitrogens with one attached hydrogen (secondary N) is 6. The van der Waals surface area contributed by atoms with Crippen LogP contribution in [0, 0.1) is 0 Å². The van der Waals surface area contributed by atoms with Crippen molar-refractivity contribution in [2.24, 2.45) is 0 Å². The van der Waals surface area contributed by atoms with E-state index in [4.69, 9.17) is 26.0 Å². The van der Waals surface area contributed by atoms with E-state index in [0.717, 1.165) is 0 Å². The number of halogens is 4. The number of thiol groups is 1. The average Bonchev–Trinajstić information content (AvgIpc) is 3.10. The monoisotopic (exact) mass is 1380 g/mol. The maximum atomic E-state index is 12.8. The molecule has 0 unspecified atom stereocenters. The third kappa shape index (κ3) is 44.5. The normalized spacial score (nSPS) is 13.4. The number of amides is 5. The second-order valence-corrected chi connectivity index (χ2v) is 57.0. The first-order valence-electron chi connectivity index (χ1n) is 20.0. The Morgan fingerprint density at radius 3 is 1.29 bits per heavy atom. The Labute approximate surface area is 441 Å². The van der Waals surface area contributed by atoms with E-state index in [1.807, 2.05) is 20.8 Å². The zero-order valence-corrected chi connectivity index (χ0v) is 50.7. The Bertz CT molecular complexity index is 1560.